The number of ether oxygens (including phenoxy) is 4. The predicted octanol–water partition coefficient (Wildman–Crippen LogP) is -2.21. The van der Waals surface area contributed by atoms with Crippen molar-refractivity contribution < 1.29 is 49.0 Å². The quantitative estimate of drug-likeness (QED) is 0.389. The lowest BCUT2D eigenvalue weighted by Gasteiger charge is -2.44. The molecule has 10 nitrogen and oxygen atoms in total. The number of methoxy groups -OCH3 is 1. The second-order valence-electron chi connectivity index (χ2n) is 7.42. The summed E-state index contributed by atoms with van der Waals surface area (Å²) < 4.78 is 21.5. The number of hydrogen-bond acceptors (Lipinski definition) is 10. The fourth-order valence-corrected chi connectivity index (χ4v) is 4.31. The van der Waals surface area contributed by atoms with Gasteiger partial charge in [0.15, 0.2) is 12.6 Å². The molecule has 2 heterocycles. The minimum atomic E-state index is -1.58. The number of esters is 1. The van der Waals surface area contributed by atoms with E-state index in [1.54, 1.807) is 0 Å². The smallest absolute Gasteiger partial charge is 0.311 e. The van der Waals surface area contributed by atoms with Crippen LogP contribution in [0.25, 0.3) is 0 Å². The van der Waals surface area contributed by atoms with Crippen LogP contribution in [0.5, 0.6) is 0 Å². The third kappa shape index (κ3) is 3.63. The average molecular weight is 390 g/mol. The lowest BCUT2D eigenvalue weighted by atomic mass is 9.79. The Morgan fingerprint density at radius 2 is 1.89 bits per heavy atom. The lowest BCUT2D eigenvalue weighted by molar-refractivity contribution is -0.354. The molecule has 10 heteroatoms. The van der Waals surface area contributed by atoms with Crippen LogP contribution in [0.3, 0.4) is 0 Å². The largest absolute Gasteiger partial charge is 0.469 e. The minimum Gasteiger partial charge on any atom is -0.469 e. The van der Waals surface area contributed by atoms with E-state index in [1.165, 1.54) is 7.11 Å². The van der Waals surface area contributed by atoms with Crippen molar-refractivity contribution in [1.82, 2.24) is 0 Å². The van der Waals surface area contributed by atoms with Crippen LogP contribution in [0, 0.1) is 23.7 Å². The molecule has 0 amide bonds. The average Bonchev–Trinajstić information content (AvgIpc) is 2.96. The standard InChI is InChI=1S/C17H26O10/c1-6-3-8(19)11-7(15(23)24-2)5-25-16(10(6)11)27-17-14(22)13(21)12(20)9(4-18)26-17/h6-7,9-14,16-18,20-22H,3-5H2,1-2H3/t6-,7?,9+,10+,11-,12+,13-,14+,16-,17-/m0/s1. The molecule has 0 spiro atoms. The molecule has 2 aliphatic heterocycles. The highest BCUT2D eigenvalue weighted by Crippen LogP contribution is 2.46. The fraction of sp³-hybridized carbons (Fsp3) is 0.882. The number of carbonyl (C=O) groups excluding carboxylic acids is 2. The van der Waals surface area contributed by atoms with Gasteiger partial charge in [-0.05, 0) is 5.92 Å². The van der Waals surface area contributed by atoms with E-state index < -0.39 is 67.3 Å². The van der Waals surface area contributed by atoms with Crippen LogP contribution >= 0.6 is 0 Å². The number of ketones is 1. The molecule has 154 valence electrons. The Bertz CT molecular complexity index is 566. The molecular formula is C17H26O10. The topological polar surface area (TPSA) is 152 Å². The first-order valence-corrected chi connectivity index (χ1v) is 8.98. The molecular weight excluding hydrogens is 364 g/mol. The molecule has 0 aromatic rings. The Labute approximate surface area is 156 Å². The van der Waals surface area contributed by atoms with Gasteiger partial charge in [0.05, 0.1) is 26.2 Å². The van der Waals surface area contributed by atoms with Crippen LogP contribution in [0.2, 0.25) is 0 Å². The summed E-state index contributed by atoms with van der Waals surface area (Å²) in [5.41, 5.74) is 0. The van der Waals surface area contributed by atoms with Gasteiger partial charge in [0.2, 0.25) is 0 Å². The third-order valence-corrected chi connectivity index (χ3v) is 5.78. The Balaban J connectivity index is 1.77. The van der Waals surface area contributed by atoms with Gasteiger partial charge in [0.1, 0.15) is 30.2 Å². The Morgan fingerprint density at radius 3 is 2.52 bits per heavy atom. The number of Topliss-reactive ketones (excluding diaryl/α,β-unsaturated/α-hetero) is 1. The third-order valence-electron chi connectivity index (χ3n) is 5.78. The van der Waals surface area contributed by atoms with E-state index in [-0.39, 0.29) is 24.7 Å². The van der Waals surface area contributed by atoms with Crippen molar-refractivity contribution in [3.63, 3.8) is 0 Å². The van der Waals surface area contributed by atoms with Crippen LogP contribution in [-0.2, 0) is 28.5 Å². The van der Waals surface area contributed by atoms with Gasteiger partial charge in [-0.25, -0.2) is 0 Å². The Hall–Kier alpha value is -1.14. The molecule has 27 heavy (non-hydrogen) atoms. The van der Waals surface area contributed by atoms with E-state index in [9.17, 15) is 30.0 Å². The molecule has 3 aliphatic rings. The van der Waals surface area contributed by atoms with E-state index in [0.717, 1.165) is 0 Å². The van der Waals surface area contributed by atoms with Crippen molar-refractivity contribution in [3.05, 3.63) is 0 Å². The van der Waals surface area contributed by atoms with Gasteiger partial charge in [-0.2, -0.15) is 0 Å². The van der Waals surface area contributed by atoms with Gasteiger partial charge < -0.3 is 39.4 Å². The van der Waals surface area contributed by atoms with Gasteiger partial charge in [0, 0.05) is 18.3 Å². The van der Waals surface area contributed by atoms with Crippen LogP contribution in [0.4, 0.5) is 0 Å². The normalized spacial score (nSPS) is 47.6. The molecule has 10 atom stereocenters. The van der Waals surface area contributed by atoms with Crippen molar-refractivity contribution in [2.24, 2.45) is 23.7 Å². The molecule has 2 saturated heterocycles. The molecule has 0 aromatic carbocycles. The molecule has 3 rings (SSSR count). The maximum Gasteiger partial charge on any atom is 0.311 e. The molecule has 0 bridgehead atoms. The number of carbonyl (C=O) groups is 2. The molecule has 4 N–H and O–H groups in total. The zero-order valence-corrected chi connectivity index (χ0v) is 15.1. The Morgan fingerprint density at radius 1 is 1.19 bits per heavy atom. The highest BCUT2D eigenvalue weighted by Gasteiger charge is 2.56. The molecule has 3 fully saturated rings. The maximum absolute atomic E-state index is 12.4. The summed E-state index contributed by atoms with van der Waals surface area (Å²) in [6, 6.07) is 0. The first-order chi connectivity index (χ1) is 12.8. The van der Waals surface area contributed by atoms with Crippen molar-refractivity contribution >= 4 is 11.8 Å². The minimum absolute atomic E-state index is 0.0754. The number of aliphatic hydroxyl groups is 4. The van der Waals surface area contributed by atoms with E-state index in [4.69, 9.17) is 18.9 Å². The van der Waals surface area contributed by atoms with Crippen molar-refractivity contribution in [1.29, 1.82) is 0 Å². The van der Waals surface area contributed by atoms with Gasteiger partial charge in [0.25, 0.3) is 0 Å². The molecule has 0 aromatic heterocycles. The SMILES string of the molecule is COC(=O)C1CO[C@@H](O[C@@H]2O[C@H](CO)[C@@H](O)[C@H](O)[C@H]2O)[C@H]2[C@@H]1C(=O)C[C@@H]2C. The Kier molecular flexibility index (Phi) is 6.16. The first kappa shape index (κ1) is 20.6. The second-order valence-corrected chi connectivity index (χ2v) is 7.42. The zero-order valence-electron chi connectivity index (χ0n) is 15.1. The van der Waals surface area contributed by atoms with Gasteiger partial charge in [-0.1, -0.05) is 6.92 Å². The fourth-order valence-electron chi connectivity index (χ4n) is 4.31. The second kappa shape index (κ2) is 8.08. The monoisotopic (exact) mass is 390 g/mol. The first-order valence-electron chi connectivity index (χ1n) is 8.98. The summed E-state index contributed by atoms with van der Waals surface area (Å²) >= 11 is 0. The zero-order chi connectivity index (χ0) is 19.9. The van der Waals surface area contributed by atoms with Crippen LogP contribution in [-0.4, -0.2) is 89.5 Å². The van der Waals surface area contributed by atoms with Crippen LogP contribution in [0.15, 0.2) is 0 Å². The van der Waals surface area contributed by atoms with Crippen molar-refractivity contribution in [2.45, 2.75) is 50.3 Å². The summed E-state index contributed by atoms with van der Waals surface area (Å²) in [6.45, 7) is 1.17. The van der Waals surface area contributed by atoms with E-state index in [1.807, 2.05) is 6.92 Å². The summed E-state index contributed by atoms with van der Waals surface area (Å²) in [5.74, 6) is -2.55. The van der Waals surface area contributed by atoms with Crippen LogP contribution in [0.1, 0.15) is 13.3 Å². The number of rotatable bonds is 4. The summed E-state index contributed by atoms with van der Waals surface area (Å²) in [5, 5.41) is 39.2. The van der Waals surface area contributed by atoms with Crippen LogP contribution < -0.4 is 0 Å². The molecule has 1 aliphatic carbocycles. The summed E-state index contributed by atoms with van der Waals surface area (Å²) in [7, 11) is 1.25. The highest BCUT2D eigenvalue weighted by molar-refractivity contribution is 5.89. The molecule has 0 radical (unpaired) electrons. The molecule has 1 saturated carbocycles. The van der Waals surface area contributed by atoms with Gasteiger partial charge >= 0.3 is 5.97 Å². The van der Waals surface area contributed by atoms with Crippen molar-refractivity contribution in [2.75, 3.05) is 20.3 Å². The number of hydrogen-bond donors (Lipinski definition) is 4. The van der Waals surface area contributed by atoms with Crippen molar-refractivity contribution in [3.8, 4) is 0 Å². The van der Waals surface area contributed by atoms with Gasteiger partial charge in [-0.3, -0.25) is 9.59 Å². The maximum atomic E-state index is 12.4. The van der Waals surface area contributed by atoms with E-state index in [0.29, 0.717) is 0 Å². The summed E-state index contributed by atoms with van der Waals surface area (Å²) in [6.07, 6.45) is -7.83. The summed E-state index contributed by atoms with van der Waals surface area (Å²) in [4.78, 5) is 24.5. The van der Waals surface area contributed by atoms with E-state index in [2.05, 4.69) is 0 Å². The van der Waals surface area contributed by atoms with Gasteiger partial charge in [-0.15, -0.1) is 0 Å². The number of aliphatic hydroxyl groups excluding tert-OH is 4. The predicted molar refractivity (Wildman–Crippen MR) is 85.9 cm³/mol. The van der Waals surface area contributed by atoms with E-state index >= 15 is 0 Å². The molecule has 1 unspecified atom stereocenters. The lowest BCUT2D eigenvalue weighted by Crippen LogP contribution is -2.60. The highest BCUT2D eigenvalue weighted by atomic mass is 16.8. The number of fused-ring (bicyclic) bond motifs is 1.